The van der Waals surface area contributed by atoms with Crippen LogP contribution in [0.2, 0.25) is 0 Å². The zero-order valence-electron chi connectivity index (χ0n) is 6.22. The Hall–Kier alpha value is -0.370. The van der Waals surface area contributed by atoms with E-state index in [-0.39, 0.29) is 0 Å². The maximum atomic E-state index is 3.27. The molecule has 1 aliphatic rings. The van der Waals surface area contributed by atoms with E-state index in [0.717, 1.165) is 19.6 Å². The molecular weight excluding hydrogens is 112 g/mol. The fourth-order valence-corrected chi connectivity index (χ4v) is 1.05. The molecule has 0 spiro atoms. The van der Waals surface area contributed by atoms with Crippen LogP contribution in [0, 0.1) is 0 Å². The number of hydrogen-bond donors (Lipinski definition) is 1. The summed E-state index contributed by atoms with van der Waals surface area (Å²) >= 11 is 0. The molecule has 0 aliphatic carbocycles. The van der Waals surface area contributed by atoms with Gasteiger partial charge >= 0.3 is 0 Å². The maximum Gasteiger partial charge on any atom is 0.155 e. The summed E-state index contributed by atoms with van der Waals surface area (Å²) in [4.78, 5) is 0. The van der Waals surface area contributed by atoms with E-state index in [1.165, 1.54) is 0 Å². The predicted molar refractivity (Wildman–Crippen MR) is 39.2 cm³/mol. The molecule has 0 saturated carbocycles. The summed E-state index contributed by atoms with van der Waals surface area (Å²) < 4.78 is 2.37. The fourth-order valence-electron chi connectivity index (χ4n) is 1.05. The third kappa shape index (κ3) is 1.79. The van der Waals surface area contributed by atoms with Gasteiger partial charge in [0.1, 0.15) is 6.04 Å². The molecule has 0 radical (unpaired) electrons. The first-order valence-corrected chi connectivity index (χ1v) is 3.60. The monoisotopic (exact) mass is 127 g/mol. The van der Waals surface area contributed by atoms with Crippen LogP contribution in [0.15, 0.2) is 0 Å². The molecule has 0 saturated heterocycles. The SMILES string of the molecule is CC(C)[N+]1=CCNCC1. The highest BCUT2D eigenvalue weighted by atomic mass is 15.1. The molecule has 0 aromatic carbocycles. The Bertz CT molecular complexity index is 116. The fraction of sp³-hybridized carbons (Fsp3) is 0.857. The minimum atomic E-state index is 0.673. The molecule has 0 aromatic rings. The van der Waals surface area contributed by atoms with Gasteiger partial charge in [-0.05, 0) is 13.8 Å². The molecule has 0 fully saturated rings. The quantitative estimate of drug-likeness (QED) is 0.493. The van der Waals surface area contributed by atoms with Gasteiger partial charge in [-0.2, -0.15) is 0 Å². The summed E-state index contributed by atoms with van der Waals surface area (Å²) in [5.41, 5.74) is 0. The largest absolute Gasteiger partial charge is 0.302 e. The number of nitrogens with one attached hydrogen (secondary N) is 1. The molecule has 0 bridgehead atoms. The second-order valence-corrected chi connectivity index (χ2v) is 2.72. The summed E-state index contributed by atoms with van der Waals surface area (Å²) in [5.74, 6) is 0. The van der Waals surface area contributed by atoms with Gasteiger partial charge in [-0.25, -0.2) is 4.58 Å². The lowest BCUT2D eigenvalue weighted by atomic mass is 10.3. The van der Waals surface area contributed by atoms with Crippen LogP contribution in [0.1, 0.15) is 13.8 Å². The van der Waals surface area contributed by atoms with Crippen molar-refractivity contribution in [2.45, 2.75) is 19.9 Å². The third-order valence-corrected chi connectivity index (χ3v) is 1.68. The smallest absolute Gasteiger partial charge is 0.155 e. The van der Waals surface area contributed by atoms with Gasteiger partial charge < -0.3 is 5.32 Å². The summed E-state index contributed by atoms with van der Waals surface area (Å²) in [7, 11) is 0. The van der Waals surface area contributed by atoms with E-state index in [0.29, 0.717) is 6.04 Å². The summed E-state index contributed by atoms with van der Waals surface area (Å²) in [6, 6.07) is 0.673. The summed E-state index contributed by atoms with van der Waals surface area (Å²) in [6.45, 7) is 7.79. The van der Waals surface area contributed by atoms with Gasteiger partial charge in [0.05, 0.1) is 13.1 Å². The molecule has 0 amide bonds. The highest BCUT2D eigenvalue weighted by Gasteiger charge is 2.10. The standard InChI is InChI=1S/C7H15N2/c1-7(2)9-5-3-8-4-6-9/h5,7-8H,3-4,6H2,1-2H3/q+1. The van der Waals surface area contributed by atoms with Gasteiger partial charge in [-0.3, -0.25) is 0 Å². The van der Waals surface area contributed by atoms with Gasteiger partial charge in [0, 0.05) is 0 Å². The number of nitrogens with zero attached hydrogens (tertiary/aromatic N) is 1. The Morgan fingerprint density at radius 1 is 1.56 bits per heavy atom. The van der Waals surface area contributed by atoms with Crippen molar-refractivity contribution in [2.75, 3.05) is 19.6 Å². The second kappa shape index (κ2) is 2.97. The highest BCUT2D eigenvalue weighted by molar-refractivity contribution is 5.54. The van der Waals surface area contributed by atoms with Crippen molar-refractivity contribution in [2.24, 2.45) is 0 Å². The van der Waals surface area contributed by atoms with Gasteiger partial charge in [0.2, 0.25) is 0 Å². The molecule has 2 nitrogen and oxygen atoms in total. The van der Waals surface area contributed by atoms with Gasteiger partial charge in [0.15, 0.2) is 12.8 Å². The third-order valence-electron chi connectivity index (χ3n) is 1.68. The molecule has 9 heavy (non-hydrogen) atoms. The van der Waals surface area contributed by atoms with E-state index in [4.69, 9.17) is 0 Å². The number of hydrogen-bond acceptors (Lipinski definition) is 1. The molecule has 1 N–H and O–H groups in total. The van der Waals surface area contributed by atoms with Gasteiger partial charge in [0.25, 0.3) is 0 Å². The molecule has 2 heteroatoms. The second-order valence-electron chi connectivity index (χ2n) is 2.72. The molecule has 1 aliphatic heterocycles. The van der Waals surface area contributed by atoms with Crippen LogP contribution < -0.4 is 5.32 Å². The highest BCUT2D eigenvalue weighted by Crippen LogP contribution is 1.88. The van der Waals surface area contributed by atoms with E-state index >= 15 is 0 Å². The van der Waals surface area contributed by atoms with E-state index in [2.05, 4.69) is 30.0 Å². The lowest BCUT2D eigenvalue weighted by molar-refractivity contribution is -0.556. The predicted octanol–water partition coefficient (Wildman–Crippen LogP) is 0.0813. The van der Waals surface area contributed by atoms with Crippen LogP contribution in [0.5, 0.6) is 0 Å². The molecule has 52 valence electrons. The maximum absolute atomic E-state index is 3.27. The molecule has 1 rings (SSSR count). The Morgan fingerprint density at radius 3 is 2.67 bits per heavy atom. The molecule has 0 aromatic heterocycles. The van der Waals surface area contributed by atoms with Gasteiger partial charge in [-0.15, -0.1) is 0 Å². The van der Waals surface area contributed by atoms with Crippen LogP contribution in [0.3, 0.4) is 0 Å². The normalized spacial score (nSPS) is 20.1. The molecule has 0 atom stereocenters. The van der Waals surface area contributed by atoms with Crippen LogP contribution in [0.25, 0.3) is 0 Å². The lowest BCUT2D eigenvalue weighted by Gasteiger charge is -2.11. The zero-order chi connectivity index (χ0) is 6.69. The first-order valence-electron chi connectivity index (χ1n) is 3.60. The zero-order valence-corrected chi connectivity index (χ0v) is 6.22. The van der Waals surface area contributed by atoms with Crippen molar-refractivity contribution >= 4 is 6.21 Å². The van der Waals surface area contributed by atoms with Gasteiger partial charge in [-0.1, -0.05) is 0 Å². The summed E-state index contributed by atoms with van der Waals surface area (Å²) in [5, 5.41) is 3.27. The average Bonchev–Trinajstić information content (AvgIpc) is 1.90. The number of rotatable bonds is 1. The first-order chi connectivity index (χ1) is 4.30. The lowest BCUT2D eigenvalue weighted by Crippen LogP contribution is -2.38. The molecular formula is C7H15N2+. The van der Waals surface area contributed by atoms with E-state index in [9.17, 15) is 0 Å². The van der Waals surface area contributed by atoms with Crippen molar-refractivity contribution in [3.05, 3.63) is 0 Å². The minimum Gasteiger partial charge on any atom is -0.302 e. The molecule has 1 heterocycles. The van der Waals surface area contributed by atoms with Crippen LogP contribution in [0.4, 0.5) is 0 Å². The van der Waals surface area contributed by atoms with E-state index in [1.54, 1.807) is 0 Å². The van der Waals surface area contributed by atoms with E-state index < -0.39 is 0 Å². The van der Waals surface area contributed by atoms with Crippen LogP contribution in [-0.2, 0) is 0 Å². The van der Waals surface area contributed by atoms with Crippen molar-refractivity contribution in [3.63, 3.8) is 0 Å². The van der Waals surface area contributed by atoms with Crippen molar-refractivity contribution in [3.8, 4) is 0 Å². The van der Waals surface area contributed by atoms with Crippen molar-refractivity contribution < 1.29 is 4.58 Å². The van der Waals surface area contributed by atoms with Crippen molar-refractivity contribution in [1.82, 2.24) is 5.32 Å². The molecule has 0 unspecified atom stereocenters. The Morgan fingerprint density at radius 2 is 2.33 bits per heavy atom. The van der Waals surface area contributed by atoms with E-state index in [1.807, 2.05) is 0 Å². The van der Waals surface area contributed by atoms with Crippen LogP contribution in [-0.4, -0.2) is 36.5 Å². The summed E-state index contributed by atoms with van der Waals surface area (Å²) in [6.07, 6.45) is 2.23. The Labute approximate surface area is 56.6 Å². The Balaban J connectivity index is 2.46. The van der Waals surface area contributed by atoms with Crippen LogP contribution >= 0.6 is 0 Å². The topological polar surface area (TPSA) is 15.0 Å². The average molecular weight is 127 g/mol. The minimum absolute atomic E-state index is 0.673. The first kappa shape index (κ1) is 6.75. The Kier molecular flexibility index (Phi) is 2.22. The van der Waals surface area contributed by atoms with Crippen molar-refractivity contribution in [1.29, 1.82) is 0 Å².